The van der Waals surface area contributed by atoms with Crippen LogP contribution in [0.25, 0.3) is 0 Å². The van der Waals surface area contributed by atoms with Gasteiger partial charge in [-0.3, -0.25) is 0 Å². The summed E-state index contributed by atoms with van der Waals surface area (Å²) >= 11 is 1.79. The number of hydrogen-bond acceptors (Lipinski definition) is 4. The molecule has 1 aliphatic heterocycles. The Kier molecular flexibility index (Phi) is 8.68. The van der Waals surface area contributed by atoms with Crippen LogP contribution in [0.4, 0.5) is 0 Å². The number of ether oxygens (including phenoxy) is 1. The molecule has 1 saturated heterocycles. The zero-order valence-corrected chi connectivity index (χ0v) is 17.1. The van der Waals surface area contributed by atoms with Crippen LogP contribution in [0, 0.1) is 11.8 Å². The molecule has 0 unspecified atom stereocenters. The summed E-state index contributed by atoms with van der Waals surface area (Å²) in [4.78, 5) is 12.8. The van der Waals surface area contributed by atoms with Gasteiger partial charge in [-0.2, -0.15) is 0 Å². The van der Waals surface area contributed by atoms with Crippen molar-refractivity contribution in [3.63, 3.8) is 0 Å². The fourth-order valence-electron chi connectivity index (χ4n) is 3.00. The molecule has 1 N–H and O–H groups in total. The largest absolute Gasteiger partial charge is 0.381 e. The Balaban J connectivity index is 1.86. The number of hydrogen-bond donors (Lipinski definition) is 1. The van der Waals surface area contributed by atoms with Crippen LogP contribution >= 0.6 is 11.3 Å². The number of aromatic nitrogens is 1. The Morgan fingerprint density at radius 1 is 1.44 bits per heavy atom. The first-order chi connectivity index (χ1) is 12.1. The third-order valence-corrected chi connectivity index (χ3v) is 5.48. The minimum atomic E-state index is 0.649. The van der Waals surface area contributed by atoms with Gasteiger partial charge < -0.3 is 15.0 Å². The van der Waals surface area contributed by atoms with Gasteiger partial charge in [0.25, 0.3) is 0 Å². The Bertz CT molecular complexity index is 523. The van der Waals surface area contributed by atoms with Gasteiger partial charge in [0, 0.05) is 50.8 Å². The van der Waals surface area contributed by atoms with E-state index in [2.05, 4.69) is 43.0 Å². The van der Waals surface area contributed by atoms with Gasteiger partial charge in [0.1, 0.15) is 0 Å². The van der Waals surface area contributed by atoms with Gasteiger partial charge in [0.2, 0.25) is 0 Å². The second kappa shape index (κ2) is 10.8. The van der Waals surface area contributed by atoms with Crippen molar-refractivity contribution in [3.8, 4) is 0 Å². The van der Waals surface area contributed by atoms with Crippen LogP contribution in [-0.2, 0) is 17.7 Å². The minimum absolute atomic E-state index is 0.649. The van der Waals surface area contributed by atoms with Gasteiger partial charge in [-0.1, -0.05) is 13.8 Å². The molecule has 1 aromatic heterocycles. The molecule has 0 spiro atoms. The topological polar surface area (TPSA) is 49.8 Å². The molecule has 142 valence electrons. The van der Waals surface area contributed by atoms with Crippen LogP contribution < -0.4 is 5.32 Å². The molecule has 25 heavy (non-hydrogen) atoms. The second-order valence-corrected chi connectivity index (χ2v) is 8.45. The monoisotopic (exact) mass is 366 g/mol. The highest BCUT2D eigenvalue weighted by atomic mass is 32.1. The van der Waals surface area contributed by atoms with Crippen molar-refractivity contribution in [2.45, 2.75) is 53.0 Å². The molecule has 0 aromatic carbocycles. The van der Waals surface area contributed by atoms with E-state index in [9.17, 15) is 0 Å². The standard InChI is InChI=1S/C19H34N4OS/c1-5-20-19(23(4)9-6-16-7-10-24-11-8-16)22-14-17-13-21-18(25-17)12-15(2)3/h13,15-16H,5-12,14H2,1-4H3,(H,20,22). The molecule has 2 rings (SSSR count). The summed E-state index contributed by atoms with van der Waals surface area (Å²) in [7, 11) is 2.14. The fraction of sp³-hybridized carbons (Fsp3) is 0.789. The molecule has 0 atom stereocenters. The molecular weight excluding hydrogens is 332 g/mol. The lowest BCUT2D eigenvalue weighted by Gasteiger charge is -2.26. The average molecular weight is 367 g/mol. The molecule has 1 aromatic rings. The summed E-state index contributed by atoms with van der Waals surface area (Å²) in [5, 5.41) is 4.64. The van der Waals surface area contributed by atoms with Gasteiger partial charge in [0.05, 0.1) is 11.6 Å². The number of guanidine groups is 1. The first-order valence-electron chi connectivity index (χ1n) is 9.59. The van der Waals surface area contributed by atoms with Crippen molar-refractivity contribution < 1.29 is 4.74 Å². The quantitative estimate of drug-likeness (QED) is 0.565. The maximum absolute atomic E-state index is 5.45. The highest BCUT2D eigenvalue weighted by Crippen LogP contribution is 2.19. The van der Waals surface area contributed by atoms with Crippen LogP contribution in [0.3, 0.4) is 0 Å². The molecular formula is C19H34N4OS. The van der Waals surface area contributed by atoms with Crippen molar-refractivity contribution in [1.82, 2.24) is 15.2 Å². The smallest absolute Gasteiger partial charge is 0.194 e. The van der Waals surface area contributed by atoms with E-state index in [1.165, 1.54) is 29.1 Å². The molecule has 0 radical (unpaired) electrons. The number of rotatable bonds is 8. The fourth-order valence-corrected chi connectivity index (χ4v) is 4.06. The Morgan fingerprint density at radius 3 is 2.88 bits per heavy atom. The maximum Gasteiger partial charge on any atom is 0.194 e. The third kappa shape index (κ3) is 7.32. The molecule has 1 aliphatic rings. The lowest BCUT2D eigenvalue weighted by Crippen LogP contribution is -2.40. The first-order valence-corrected chi connectivity index (χ1v) is 10.4. The van der Waals surface area contributed by atoms with Crippen LogP contribution in [0.5, 0.6) is 0 Å². The van der Waals surface area contributed by atoms with Gasteiger partial charge >= 0.3 is 0 Å². The predicted molar refractivity (Wildman–Crippen MR) is 106 cm³/mol. The first kappa shape index (κ1) is 20.2. The molecule has 0 bridgehead atoms. The normalized spacial score (nSPS) is 16.4. The van der Waals surface area contributed by atoms with Gasteiger partial charge in [0.15, 0.2) is 5.96 Å². The van der Waals surface area contributed by atoms with Gasteiger partial charge in [-0.25, -0.2) is 9.98 Å². The summed E-state index contributed by atoms with van der Waals surface area (Å²) in [6.07, 6.45) is 6.64. The third-order valence-electron chi connectivity index (χ3n) is 4.48. The molecule has 6 heteroatoms. The van der Waals surface area contributed by atoms with Crippen molar-refractivity contribution in [2.75, 3.05) is 33.4 Å². The van der Waals surface area contributed by atoms with Crippen LogP contribution in [0.1, 0.15) is 49.9 Å². The second-order valence-electron chi connectivity index (χ2n) is 7.25. The van der Waals surface area contributed by atoms with E-state index < -0.39 is 0 Å². The number of thiazole rings is 1. The number of aliphatic imine (C=N–C) groups is 1. The Labute approximate surface area is 156 Å². The van der Waals surface area contributed by atoms with E-state index >= 15 is 0 Å². The van der Waals surface area contributed by atoms with E-state index in [4.69, 9.17) is 9.73 Å². The van der Waals surface area contributed by atoms with E-state index in [0.29, 0.717) is 12.5 Å². The van der Waals surface area contributed by atoms with Crippen molar-refractivity contribution >= 4 is 17.3 Å². The van der Waals surface area contributed by atoms with Crippen molar-refractivity contribution in [2.24, 2.45) is 16.8 Å². The molecule has 1 fully saturated rings. The van der Waals surface area contributed by atoms with Gasteiger partial charge in [-0.05, 0) is 38.0 Å². The van der Waals surface area contributed by atoms with Crippen LogP contribution in [0.15, 0.2) is 11.2 Å². The average Bonchev–Trinajstić information content (AvgIpc) is 3.04. The zero-order valence-electron chi connectivity index (χ0n) is 16.3. The summed E-state index contributed by atoms with van der Waals surface area (Å²) in [5.41, 5.74) is 0. The number of nitrogens with one attached hydrogen (secondary N) is 1. The summed E-state index contributed by atoms with van der Waals surface area (Å²) in [5.74, 6) is 2.43. The van der Waals surface area contributed by atoms with E-state index in [1.807, 2.05) is 6.20 Å². The zero-order chi connectivity index (χ0) is 18.1. The summed E-state index contributed by atoms with van der Waals surface area (Å²) < 4.78 is 5.45. The SMILES string of the molecule is CCNC(=NCc1cnc(CC(C)C)s1)N(C)CCC1CCOCC1. The predicted octanol–water partition coefficient (Wildman–Crippen LogP) is 3.56. The van der Waals surface area contributed by atoms with E-state index in [-0.39, 0.29) is 0 Å². The maximum atomic E-state index is 5.45. The lowest BCUT2D eigenvalue weighted by molar-refractivity contribution is 0.0625. The van der Waals surface area contributed by atoms with E-state index in [1.54, 1.807) is 11.3 Å². The van der Waals surface area contributed by atoms with Crippen LogP contribution in [-0.4, -0.2) is 49.2 Å². The number of nitrogens with zero attached hydrogens (tertiary/aromatic N) is 3. The lowest BCUT2D eigenvalue weighted by atomic mass is 9.96. The molecule has 0 aliphatic carbocycles. The molecule has 5 nitrogen and oxygen atoms in total. The Hall–Kier alpha value is -1.14. The van der Waals surface area contributed by atoms with Crippen molar-refractivity contribution in [3.05, 3.63) is 16.1 Å². The highest BCUT2D eigenvalue weighted by Gasteiger charge is 2.15. The molecule has 0 amide bonds. The minimum Gasteiger partial charge on any atom is -0.381 e. The van der Waals surface area contributed by atoms with Gasteiger partial charge in [-0.15, -0.1) is 11.3 Å². The van der Waals surface area contributed by atoms with E-state index in [0.717, 1.165) is 44.6 Å². The summed E-state index contributed by atoms with van der Waals surface area (Å²) in [6.45, 7) is 11.1. The molecule has 0 saturated carbocycles. The summed E-state index contributed by atoms with van der Waals surface area (Å²) in [6, 6.07) is 0. The van der Waals surface area contributed by atoms with Crippen molar-refractivity contribution in [1.29, 1.82) is 0 Å². The highest BCUT2D eigenvalue weighted by molar-refractivity contribution is 7.11. The molecule has 2 heterocycles. The van der Waals surface area contributed by atoms with Crippen LogP contribution in [0.2, 0.25) is 0 Å². The Morgan fingerprint density at radius 2 is 2.20 bits per heavy atom.